The van der Waals surface area contributed by atoms with E-state index in [1.807, 2.05) is 29.2 Å². The van der Waals surface area contributed by atoms with Gasteiger partial charge >= 0.3 is 0 Å². The second-order valence-corrected chi connectivity index (χ2v) is 10.4. The molecule has 0 spiro atoms. The van der Waals surface area contributed by atoms with Crippen molar-refractivity contribution in [1.29, 1.82) is 0 Å². The van der Waals surface area contributed by atoms with Crippen LogP contribution in [-0.2, 0) is 11.3 Å². The monoisotopic (exact) mass is 492 g/mol. The van der Waals surface area contributed by atoms with E-state index in [9.17, 15) is 14.7 Å². The van der Waals surface area contributed by atoms with Gasteiger partial charge in [-0.25, -0.2) is 9.67 Å². The number of nitrogens with one attached hydrogen (secondary N) is 1. The first kappa shape index (κ1) is 24.5. The number of benzene rings is 1. The highest BCUT2D eigenvalue weighted by Gasteiger charge is 2.39. The summed E-state index contributed by atoms with van der Waals surface area (Å²) in [5.41, 5.74) is 1.06. The van der Waals surface area contributed by atoms with Crippen LogP contribution >= 0.6 is 0 Å². The van der Waals surface area contributed by atoms with Crippen LogP contribution in [0.1, 0.15) is 52.4 Å². The van der Waals surface area contributed by atoms with Gasteiger partial charge < -0.3 is 15.3 Å². The van der Waals surface area contributed by atoms with Gasteiger partial charge in [-0.3, -0.25) is 14.2 Å². The first-order valence-corrected chi connectivity index (χ1v) is 13.2. The second-order valence-electron chi connectivity index (χ2n) is 10.4. The zero-order valence-corrected chi connectivity index (χ0v) is 21.2. The van der Waals surface area contributed by atoms with Gasteiger partial charge in [0.2, 0.25) is 5.91 Å². The van der Waals surface area contributed by atoms with Crippen molar-refractivity contribution >= 4 is 22.6 Å². The van der Waals surface area contributed by atoms with Gasteiger partial charge in [-0.05, 0) is 49.8 Å². The molecule has 2 N–H and O–H groups in total. The fourth-order valence-corrected chi connectivity index (χ4v) is 5.04. The van der Waals surface area contributed by atoms with Crippen LogP contribution in [0.2, 0.25) is 0 Å². The van der Waals surface area contributed by atoms with Crippen molar-refractivity contribution in [3.05, 3.63) is 47.1 Å². The van der Waals surface area contributed by atoms with Crippen molar-refractivity contribution in [2.75, 3.05) is 25.0 Å². The number of carbonyl (C=O) groups is 1. The summed E-state index contributed by atoms with van der Waals surface area (Å²) in [6.07, 6.45) is 8.17. The smallest absolute Gasteiger partial charge is 0.264 e. The van der Waals surface area contributed by atoms with Crippen molar-refractivity contribution in [3.63, 3.8) is 0 Å². The largest absolute Gasteiger partial charge is 0.388 e. The Morgan fingerprint density at radius 3 is 2.67 bits per heavy atom. The third-order valence-corrected chi connectivity index (χ3v) is 7.79. The Labute approximate surface area is 211 Å². The molecule has 36 heavy (non-hydrogen) atoms. The molecule has 1 aliphatic heterocycles. The maximum Gasteiger partial charge on any atom is 0.264 e. The fraction of sp³-hybridized carbons (Fsp3) is 0.556. The molecule has 3 aromatic rings. The van der Waals surface area contributed by atoms with E-state index in [0.717, 1.165) is 43.6 Å². The average molecular weight is 493 g/mol. The molecule has 192 valence electrons. The lowest BCUT2D eigenvalue weighted by molar-refractivity contribution is -0.137. The van der Waals surface area contributed by atoms with Crippen molar-refractivity contribution in [2.45, 2.75) is 64.5 Å². The Morgan fingerprint density at radius 2 is 1.97 bits per heavy atom. The number of rotatable bonds is 9. The number of hydrogen-bond donors (Lipinski definition) is 2. The minimum Gasteiger partial charge on any atom is -0.388 e. The van der Waals surface area contributed by atoms with Crippen molar-refractivity contribution in [3.8, 4) is 5.69 Å². The van der Waals surface area contributed by atoms with Gasteiger partial charge in [0.15, 0.2) is 5.65 Å². The molecule has 1 aromatic carbocycles. The van der Waals surface area contributed by atoms with Gasteiger partial charge in [0.25, 0.3) is 5.56 Å². The molecule has 0 atom stereocenters. The SMILES string of the molecule is CCC(CC)CNc1cccc(-n2ncc3c(=O)n(CC4(O)CCN(C(=O)C5CC5)CC4)cnc32)c1. The summed E-state index contributed by atoms with van der Waals surface area (Å²) in [5, 5.41) is 19.5. The summed E-state index contributed by atoms with van der Waals surface area (Å²) < 4.78 is 3.15. The maximum absolute atomic E-state index is 13.3. The molecule has 1 saturated carbocycles. The third-order valence-electron chi connectivity index (χ3n) is 7.79. The van der Waals surface area contributed by atoms with Crippen molar-refractivity contribution in [2.24, 2.45) is 11.8 Å². The molecule has 2 aliphatic rings. The van der Waals surface area contributed by atoms with Crippen LogP contribution in [0.25, 0.3) is 16.7 Å². The van der Waals surface area contributed by atoms with Crippen LogP contribution in [0, 0.1) is 11.8 Å². The quantitative estimate of drug-likeness (QED) is 0.475. The molecule has 0 bridgehead atoms. The number of carbonyl (C=O) groups excluding carboxylic acids is 1. The van der Waals surface area contributed by atoms with E-state index in [2.05, 4.69) is 29.2 Å². The first-order valence-electron chi connectivity index (χ1n) is 13.2. The van der Waals surface area contributed by atoms with Crippen molar-refractivity contribution < 1.29 is 9.90 Å². The van der Waals surface area contributed by atoms with Crippen LogP contribution in [0.5, 0.6) is 0 Å². The molecule has 3 heterocycles. The first-order chi connectivity index (χ1) is 17.4. The normalized spacial score (nSPS) is 17.6. The number of fused-ring (bicyclic) bond motifs is 1. The van der Waals surface area contributed by atoms with Crippen molar-refractivity contribution in [1.82, 2.24) is 24.2 Å². The van der Waals surface area contributed by atoms with Crippen LogP contribution < -0.4 is 10.9 Å². The lowest BCUT2D eigenvalue weighted by Gasteiger charge is -2.38. The molecule has 1 aliphatic carbocycles. The lowest BCUT2D eigenvalue weighted by atomic mass is 9.91. The Kier molecular flexibility index (Phi) is 6.83. The van der Waals surface area contributed by atoms with Gasteiger partial charge in [0, 0.05) is 31.2 Å². The molecular formula is C27H36N6O3. The van der Waals surface area contributed by atoms with E-state index in [1.165, 1.54) is 10.9 Å². The highest BCUT2D eigenvalue weighted by atomic mass is 16.3. The van der Waals surface area contributed by atoms with Crippen LogP contribution in [0.4, 0.5) is 5.69 Å². The number of likely N-dealkylation sites (tertiary alicyclic amines) is 1. The number of hydrogen-bond acceptors (Lipinski definition) is 6. The number of piperidine rings is 1. The highest BCUT2D eigenvalue weighted by molar-refractivity contribution is 5.81. The minimum atomic E-state index is -1.04. The van der Waals surface area contributed by atoms with Gasteiger partial charge in [-0.1, -0.05) is 32.8 Å². The van der Waals surface area contributed by atoms with E-state index in [4.69, 9.17) is 0 Å². The number of anilines is 1. The molecule has 1 amide bonds. The number of nitrogens with zero attached hydrogens (tertiary/aromatic N) is 5. The summed E-state index contributed by atoms with van der Waals surface area (Å²) in [7, 11) is 0. The highest BCUT2D eigenvalue weighted by Crippen LogP contribution is 2.33. The second kappa shape index (κ2) is 10.0. The maximum atomic E-state index is 13.3. The van der Waals surface area contributed by atoms with E-state index >= 15 is 0 Å². The molecule has 2 aromatic heterocycles. The van der Waals surface area contributed by atoms with E-state index in [0.29, 0.717) is 42.9 Å². The van der Waals surface area contributed by atoms with Gasteiger partial charge in [-0.15, -0.1) is 0 Å². The van der Waals surface area contributed by atoms with Crippen LogP contribution in [0.3, 0.4) is 0 Å². The summed E-state index contributed by atoms with van der Waals surface area (Å²) >= 11 is 0. The zero-order valence-electron chi connectivity index (χ0n) is 21.2. The predicted molar refractivity (Wildman–Crippen MR) is 139 cm³/mol. The van der Waals surface area contributed by atoms with Crippen LogP contribution in [0.15, 0.2) is 41.6 Å². The number of amides is 1. The Hall–Kier alpha value is -3.20. The Morgan fingerprint density at radius 1 is 1.22 bits per heavy atom. The molecule has 1 saturated heterocycles. The zero-order chi connectivity index (χ0) is 25.3. The summed E-state index contributed by atoms with van der Waals surface area (Å²) in [6.45, 7) is 6.53. The van der Waals surface area contributed by atoms with Crippen LogP contribution in [-0.4, -0.2) is 60.5 Å². The number of aliphatic hydroxyl groups is 1. The summed E-state index contributed by atoms with van der Waals surface area (Å²) in [5.74, 6) is 1.02. The molecule has 9 heteroatoms. The summed E-state index contributed by atoms with van der Waals surface area (Å²) in [6, 6.07) is 7.96. The van der Waals surface area contributed by atoms with Gasteiger partial charge in [0.05, 0.1) is 24.0 Å². The topological polar surface area (TPSA) is 105 Å². The van der Waals surface area contributed by atoms with Gasteiger partial charge in [0.1, 0.15) is 11.7 Å². The van der Waals surface area contributed by atoms with Gasteiger partial charge in [-0.2, -0.15) is 5.10 Å². The standard InChI is InChI=1S/C27H36N6O3/c1-3-19(4-2)15-28-21-6-5-7-22(14-21)33-24-23(16-30-33)26(35)32(18-29-24)17-27(36)10-12-31(13-11-27)25(34)20-8-9-20/h5-7,14,16,18-20,28,36H,3-4,8-13,15,17H2,1-2H3. The molecule has 5 rings (SSSR count). The predicted octanol–water partition coefficient (Wildman–Crippen LogP) is 3.19. The van der Waals surface area contributed by atoms with E-state index < -0.39 is 5.60 Å². The minimum absolute atomic E-state index is 0.154. The molecule has 9 nitrogen and oxygen atoms in total. The molecule has 0 unspecified atom stereocenters. The molecule has 0 radical (unpaired) electrons. The third kappa shape index (κ3) is 5.02. The molecular weight excluding hydrogens is 456 g/mol. The van der Waals surface area contributed by atoms with E-state index in [-0.39, 0.29) is 23.9 Å². The summed E-state index contributed by atoms with van der Waals surface area (Å²) in [4.78, 5) is 32.0. The Balaban J connectivity index is 1.31. The molecule has 2 fully saturated rings. The lowest BCUT2D eigenvalue weighted by Crippen LogP contribution is -2.50. The number of aromatic nitrogens is 4. The Bertz CT molecular complexity index is 1280. The fourth-order valence-electron chi connectivity index (χ4n) is 5.04. The average Bonchev–Trinajstić information content (AvgIpc) is 3.65. The van der Waals surface area contributed by atoms with E-state index in [1.54, 1.807) is 10.9 Å².